The van der Waals surface area contributed by atoms with E-state index >= 15 is 0 Å². The van der Waals surface area contributed by atoms with E-state index in [1.54, 1.807) is 18.2 Å². The second kappa shape index (κ2) is 8.81. The SMILES string of the molecule is CS(=O)(=O)c1cc(NC(=O)c2cnn(-c3cccc4ncccc34)c2C(F)(F)F)ccc1-n1nccn1. The second-order valence-corrected chi connectivity index (χ2v) is 9.88. The van der Waals surface area contributed by atoms with Crippen molar-refractivity contribution in [3.63, 3.8) is 0 Å². The number of pyridine rings is 1. The van der Waals surface area contributed by atoms with Gasteiger partial charge in [-0.25, -0.2) is 13.1 Å². The van der Waals surface area contributed by atoms with Crippen molar-refractivity contribution in [3.8, 4) is 11.4 Å². The molecule has 2 aromatic carbocycles. The lowest BCUT2D eigenvalue weighted by atomic mass is 10.1. The van der Waals surface area contributed by atoms with E-state index in [-0.39, 0.29) is 22.0 Å². The molecule has 0 fully saturated rings. The molecule has 37 heavy (non-hydrogen) atoms. The third-order valence-electron chi connectivity index (χ3n) is 5.38. The van der Waals surface area contributed by atoms with Crippen LogP contribution >= 0.6 is 0 Å². The van der Waals surface area contributed by atoms with Crippen molar-refractivity contribution in [2.75, 3.05) is 11.6 Å². The first kappa shape index (κ1) is 24.1. The van der Waals surface area contributed by atoms with Crippen LogP contribution in [0.5, 0.6) is 0 Å². The number of alkyl halides is 3. The van der Waals surface area contributed by atoms with E-state index in [4.69, 9.17) is 0 Å². The van der Waals surface area contributed by atoms with Crippen LogP contribution in [0.15, 0.2) is 78.2 Å². The zero-order valence-corrected chi connectivity index (χ0v) is 19.7. The van der Waals surface area contributed by atoms with Crippen LogP contribution in [0.4, 0.5) is 18.9 Å². The summed E-state index contributed by atoms with van der Waals surface area (Å²) in [4.78, 5) is 18.0. The third kappa shape index (κ3) is 4.53. The molecule has 0 saturated heterocycles. The normalized spacial score (nSPS) is 12.1. The van der Waals surface area contributed by atoms with Gasteiger partial charge in [0.05, 0.1) is 40.3 Å². The summed E-state index contributed by atoms with van der Waals surface area (Å²) < 4.78 is 68.0. The van der Waals surface area contributed by atoms with Gasteiger partial charge in [-0.3, -0.25) is 9.78 Å². The molecular weight excluding hydrogens is 511 g/mol. The minimum atomic E-state index is -4.94. The lowest BCUT2D eigenvalue weighted by Gasteiger charge is -2.15. The molecule has 1 amide bonds. The highest BCUT2D eigenvalue weighted by Crippen LogP contribution is 2.35. The van der Waals surface area contributed by atoms with Gasteiger partial charge in [0.2, 0.25) is 0 Å². The summed E-state index contributed by atoms with van der Waals surface area (Å²) in [6.07, 6.45) is 1.03. The summed E-state index contributed by atoms with van der Waals surface area (Å²) >= 11 is 0. The molecule has 188 valence electrons. The van der Waals surface area contributed by atoms with Gasteiger partial charge in [0, 0.05) is 23.5 Å². The standard InChI is InChI=1S/C23H16F3N7O3S/c1-37(35,36)20-12-14(7-8-19(20)33-28-10-11-29-33)31-22(34)16-13-30-32(21(16)23(24,25)26)18-6-2-5-17-15(18)4-3-9-27-17/h2-13H,1H3,(H,31,34). The highest BCUT2D eigenvalue weighted by molar-refractivity contribution is 7.90. The highest BCUT2D eigenvalue weighted by Gasteiger charge is 2.41. The Morgan fingerprint density at radius 2 is 1.70 bits per heavy atom. The minimum absolute atomic E-state index is 0.0448. The summed E-state index contributed by atoms with van der Waals surface area (Å²) in [6, 6.07) is 11.6. The number of amides is 1. The molecule has 0 unspecified atom stereocenters. The van der Waals surface area contributed by atoms with E-state index < -0.39 is 33.2 Å². The van der Waals surface area contributed by atoms with E-state index in [9.17, 15) is 26.4 Å². The molecule has 10 nitrogen and oxygen atoms in total. The topological polar surface area (TPSA) is 125 Å². The largest absolute Gasteiger partial charge is 0.434 e. The average molecular weight is 527 g/mol. The maximum absolute atomic E-state index is 14.2. The number of hydrogen-bond acceptors (Lipinski definition) is 7. The van der Waals surface area contributed by atoms with Crippen molar-refractivity contribution < 1.29 is 26.4 Å². The minimum Gasteiger partial charge on any atom is -0.322 e. The van der Waals surface area contributed by atoms with E-state index in [1.165, 1.54) is 42.9 Å². The van der Waals surface area contributed by atoms with Gasteiger partial charge < -0.3 is 5.32 Å². The van der Waals surface area contributed by atoms with Crippen LogP contribution in [-0.4, -0.2) is 50.3 Å². The van der Waals surface area contributed by atoms with Crippen LogP contribution in [0.3, 0.4) is 0 Å². The average Bonchev–Trinajstić information content (AvgIpc) is 3.53. The molecule has 0 atom stereocenters. The van der Waals surface area contributed by atoms with Gasteiger partial charge in [-0.15, -0.1) is 0 Å². The van der Waals surface area contributed by atoms with Crippen LogP contribution in [0.1, 0.15) is 16.1 Å². The Hall–Kier alpha value is -4.59. The number of aromatic nitrogens is 6. The summed E-state index contributed by atoms with van der Waals surface area (Å²) in [7, 11) is -3.82. The molecule has 14 heteroatoms. The van der Waals surface area contributed by atoms with Gasteiger partial charge in [0.25, 0.3) is 5.91 Å². The van der Waals surface area contributed by atoms with Crippen LogP contribution in [0, 0.1) is 0 Å². The molecule has 5 aromatic rings. The van der Waals surface area contributed by atoms with Crippen molar-refractivity contribution in [2.24, 2.45) is 0 Å². The Morgan fingerprint density at radius 3 is 2.41 bits per heavy atom. The molecule has 3 aromatic heterocycles. The van der Waals surface area contributed by atoms with Gasteiger partial charge in [-0.2, -0.15) is 33.3 Å². The van der Waals surface area contributed by atoms with Crippen molar-refractivity contribution in [3.05, 3.63) is 84.6 Å². The molecule has 0 radical (unpaired) electrons. The number of nitrogens with zero attached hydrogens (tertiary/aromatic N) is 6. The summed E-state index contributed by atoms with van der Waals surface area (Å²) in [5.74, 6) is -1.12. The van der Waals surface area contributed by atoms with Gasteiger partial charge in [-0.1, -0.05) is 6.07 Å². The number of sulfone groups is 1. The Bertz CT molecular complexity index is 1740. The number of anilines is 1. The number of carbonyl (C=O) groups excluding carboxylic acids is 1. The lowest BCUT2D eigenvalue weighted by molar-refractivity contribution is -0.143. The fourth-order valence-electron chi connectivity index (χ4n) is 3.83. The molecule has 0 aliphatic rings. The Kier molecular flexibility index (Phi) is 5.75. The van der Waals surface area contributed by atoms with Gasteiger partial charge in [0.15, 0.2) is 15.5 Å². The van der Waals surface area contributed by atoms with Crippen molar-refractivity contribution in [2.45, 2.75) is 11.1 Å². The van der Waals surface area contributed by atoms with E-state index in [0.717, 1.165) is 23.3 Å². The first-order valence-electron chi connectivity index (χ1n) is 10.6. The molecule has 1 N–H and O–H groups in total. The first-order valence-corrected chi connectivity index (χ1v) is 12.4. The third-order valence-corrected chi connectivity index (χ3v) is 6.51. The number of hydrogen-bond donors (Lipinski definition) is 1. The van der Waals surface area contributed by atoms with Crippen LogP contribution < -0.4 is 5.32 Å². The second-order valence-electron chi connectivity index (χ2n) is 7.89. The quantitative estimate of drug-likeness (QED) is 0.370. The van der Waals surface area contributed by atoms with Crippen molar-refractivity contribution in [1.29, 1.82) is 0 Å². The number of halogens is 3. The number of benzene rings is 2. The predicted octanol–water partition coefficient (Wildman–Crippen LogP) is 3.68. The number of nitrogens with one attached hydrogen (secondary N) is 1. The maximum atomic E-state index is 14.2. The van der Waals surface area contributed by atoms with E-state index in [0.29, 0.717) is 15.6 Å². The lowest BCUT2D eigenvalue weighted by Crippen LogP contribution is -2.21. The van der Waals surface area contributed by atoms with Gasteiger partial charge in [0.1, 0.15) is 5.69 Å². The Balaban J connectivity index is 1.57. The smallest absolute Gasteiger partial charge is 0.322 e. The molecule has 0 bridgehead atoms. The fourth-order valence-corrected chi connectivity index (χ4v) is 4.71. The molecular formula is C23H16F3N7O3S. The maximum Gasteiger partial charge on any atom is 0.434 e. The number of carbonyl (C=O) groups is 1. The van der Waals surface area contributed by atoms with Crippen LogP contribution in [0.2, 0.25) is 0 Å². The molecule has 5 rings (SSSR count). The summed E-state index contributed by atoms with van der Waals surface area (Å²) in [5.41, 5.74) is -1.42. The molecule has 0 aliphatic heterocycles. The number of fused-ring (bicyclic) bond motifs is 1. The van der Waals surface area contributed by atoms with Gasteiger partial charge >= 0.3 is 6.18 Å². The van der Waals surface area contributed by atoms with E-state index in [2.05, 4.69) is 25.6 Å². The highest BCUT2D eigenvalue weighted by atomic mass is 32.2. The first-order chi connectivity index (χ1) is 17.5. The Morgan fingerprint density at radius 1 is 0.946 bits per heavy atom. The molecule has 0 aliphatic carbocycles. The number of rotatable bonds is 5. The van der Waals surface area contributed by atoms with E-state index in [1.807, 2.05) is 0 Å². The predicted molar refractivity (Wildman–Crippen MR) is 126 cm³/mol. The van der Waals surface area contributed by atoms with Gasteiger partial charge in [-0.05, 0) is 42.5 Å². The van der Waals surface area contributed by atoms with Crippen LogP contribution in [0.25, 0.3) is 22.3 Å². The summed E-state index contributed by atoms with van der Waals surface area (Å²) in [5, 5.41) is 14.4. The zero-order valence-electron chi connectivity index (χ0n) is 18.9. The molecule has 3 heterocycles. The summed E-state index contributed by atoms with van der Waals surface area (Å²) in [6.45, 7) is 0. The van der Waals surface area contributed by atoms with Crippen molar-refractivity contribution >= 4 is 32.3 Å². The van der Waals surface area contributed by atoms with Crippen LogP contribution in [-0.2, 0) is 16.0 Å². The Labute approximate surface area is 207 Å². The van der Waals surface area contributed by atoms with Crippen molar-refractivity contribution in [1.82, 2.24) is 29.8 Å². The zero-order chi connectivity index (χ0) is 26.4. The fraction of sp³-hybridized carbons (Fsp3) is 0.0870. The molecule has 0 spiro atoms. The monoisotopic (exact) mass is 527 g/mol. The molecule has 0 saturated carbocycles.